The van der Waals surface area contributed by atoms with E-state index in [0.29, 0.717) is 23.8 Å². The van der Waals surface area contributed by atoms with E-state index in [1.54, 1.807) is 18.9 Å². The van der Waals surface area contributed by atoms with Crippen LogP contribution in [-0.4, -0.2) is 29.2 Å². The molecular weight excluding hydrogens is 581 g/mol. The van der Waals surface area contributed by atoms with Crippen LogP contribution in [0.5, 0.6) is 11.5 Å². The van der Waals surface area contributed by atoms with Crippen molar-refractivity contribution in [3.8, 4) is 11.5 Å². The number of benzene rings is 3. The monoisotopic (exact) mass is 610 g/mol. The van der Waals surface area contributed by atoms with Crippen LogP contribution in [0.2, 0.25) is 0 Å². The normalized spacial score (nSPS) is 28.5. The molecule has 3 heterocycles. The minimum absolute atomic E-state index is 0.0518. The number of carbonyl (C=O) groups is 2. The fourth-order valence-electron chi connectivity index (χ4n) is 8.15. The number of para-hydroxylation sites is 1. The van der Waals surface area contributed by atoms with Gasteiger partial charge in [-0.3, -0.25) is 19.3 Å². The molecule has 2 saturated carbocycles. The number of aromatic amines is 1. The number of thiazole rings is 1. The number of methoxy groups -OCH3 is 1. The minimum atomic E-state index is -0.335. The number of imide groups is 1. The average molecular weight is 611 g/mol. The van der Waals surface area contributed by atoms with E-state index >= 15 is 0 Å². The highest BCUT2D eigenvalue weighted by Gasteiger charge is 2.69. The Bertz CT molecular complexity index is 1820. The molecule has 3 aromatic carbocycles. The van der Waals surface area contributed by atoms with Crippen LogP contribution in [0, 0.1) is 36.5 Å². The number of aromatic nitrogens is 1. The molecular formula is C34H30N2O5S2. The largest absolute Gasteiger partial charge is 0.493 e. The van der Waals surface area contributed by atoms with Crippen LogP contribution in [0.25, 0.3) is 0 Å². The maximum absolute atomic E-state index is 13.9. The predicted octanol–water partition coefficient (Wildman–Crippen LogP) is 6.01. The van der Waals surface area contributed by atoms with Crippen molar-refractivity contribution in [2.24, 2.45) is 29.6 Å². The number of anilines is 1. The van der Waals surface area contributed by atoms with Crippen LogP contribution in [0.3, 0.4) is 0 Å². The Morgan fingerprint density at radius 3 is 2.42 bits per heavy atom. The molecule has 8 rings (SSSR count). The molecule has 43 heavy (non-hydrogen) atoms. The van der Waals surface area contributed by atoms with Gasteiger partial charge in [-0.2, -0.15) is 0 Å². The molecule has 1 N–H and O–H groups in total. The van der Waals surface area contributed by atoms with Gasteiger partial charge in [-0.05, 0) is 72.1 Å². The van der Waals surface area contributed by atoms with E-state index in [9.17, 15) is 14.4 Å². The van der Waals surface area contributed by atoms with E-state index < -0.39 is 0 Å². The molecule has 2 aliphatic heterocycles. The summed E-state index contributed by atoms with van der Waals surface area (Å²) in [7, 11) is 1.64. The quantitative estimate of drug-likeness (QED) is 0.269. The van der Waals surface area contributed by atoms with Crippen molar-refractivity contribution in [2.75, 3.05) is 12.0 Å². The van der Waals surface area contributed by atoms with Crippen LogP contribution in [0.1, 0.15) is 33.9 Å². The zero-order chi connectivity index (χ0) is 29.4. The third-order valence-corrected chi connectivity index (χ3v) is 12.5. The lowest BCUT2D eigenvalue weighted by atomic mass is 9.68. The van der Waals surface area contributed by atoms with Crippen LogP contribution < -0.4 is 19.2 Å². The average Bonchev–Trinajstić information content (AvgIpc) is 3.76. The second-order valence-electron chi connectivity index (χ2n) is 11.9. The van der Waals surface area contributed by atoms with Crippen LogP contribution in [0.4, 0.5) is 5.69 Å². The lowest BCUT2D eigenvalue weighted by Crippen LogP contribution is -2.42. The van der Waals surface area contributed by atoms with Crippen molar-refractivity contribution >= 4 is 40.6 Å². The molecule has 2 aliphatic carbocycles. The number of amides is 2. The Morgan fingerprint density at radius 1 is 0.907 bits per heavy atom. The number of rotatable bonds is 6. The first kappa shape index (κ1) is 26.8. The van der Waals surface area contributed by atoms with Crippen molar-refractivity contribution in [2.45, 2.75) is 36.1 Å². The van der Waals surface area contributed by atoms with Gasteiger partial charge in [-0.25, -0.2) is 0 Å². The maximum atomic E-state index is 13.9. The molecule has 7 atom stereocenters. The minimum Gasteiger partial charge on any atom is -0.493 e. The smallest absolute Gasteiger partial charge is 0.305 e. The van der Waals surface area contributed by atoms with Crippen LogP contribution in [-0.2, 0) is 16.2 Å². The van der Waals surface area contributed by atoms with Gasteiger partial charge in [0, 0.05) is 16.0 Å². The Balaban J connectivity index is 1.16. The molecule has 2 bridgehead atoms. The summed E-state index contributed by atoms with van der Waals surface area (Å²) in [6.45, 7) is 2.50. The standard InChI is InChI=1S/C34H30N2O5S2/c1-17-8-6-7-9-19(17)16-41-23-13-12-18(14-24(23)40-2)25-26-21-15-22(29(26)42-31-30(25)43-34(39)35-31)28-27(21)32(37)36(33(28)38)20-10-4-3-5-11-20/h3-14,21-22,25-29H,15-16H2,1-2H3,(H,35,39)/t21-,22-,25+,26+,27+,28+,29-/m1/s1. The molecule has 0 spiro atoms. The van der Waals surface area contributed by atoms with Crippen molar-refractivity contribution < 1.29 is 19.1 Å². The number of aryl methyl sites for hydroxylation is 1. The summed E-state index contributed by atoms with van der Waals surface area (Å²) in [6.07, 6.45) is 0.849. The summed E-state index contributed by atoms with van der Waals surface area (Å²) in [6, 6.07) is 23.5. The lowest BCUT2D eigenvalue weighted by molar-refractivity contribution is -0.123. The van der Waals surface area contributed by atoms with Gasteiger partial charge in [0.15, 0.2) is 11.5 Å². The molecule has 2 amide bonds. The van der Waals surface area contributed by atoms with E-state index in [1.807, 2.05) is 54.6 Å². The topological polar surface area (TPSA) is 88.7 Å². The summed E-state index contributed by atoms with van der Waals surface area (Å²) in [5.41, 5.74) is 3.96. The number of ether oxygens (including phenoxy) is 2. The second-order valence-corrected chi connectivity index (χ2v) is 14.1. The van der Waals surface area contributed by atoms with E-state index in [0.717, 1.165) is 27.5 Å². The Hall–Kier alpha value is -3.82. The van der Waals surface area contributed by atoms with Crippen LogP contribution >= 0.6 is 23.1 Å². The molecule has 3 fully saturated rings. The molecule has 0 radical (unpaired) electrons. The fraction of sp³-hybridized carbons (Fsp3) is 0.324. The summed E-state index contributed by atoms with van der Waals surface area (Å²) in [5, 5.41) is 1.02. The molecule has 1 saturated heterocycles. The van der Waals surface area contributed by atoms with E-state index in [1.165, 1.54) is 21.8 Å². The number of hydrogen-bond donors (Lipinski definition) is 1. The van der Waals surface area contributed by atoms with Gasteiger partial charge in [-0.15, -0.1) is 11.8 Å². The van der Waals surface area contributed by atoms with Crippen molar-refractivity contribution in [3.63, 3.8) is 0 Å². The number of H-pyrrole nitrogens is 1. The third kappa shape index (κ3) is 4.04. The Labute approximate surface area is 257 Å². The Kier molecular flexibility index (Phi) is 6.31. The summed E-state index contributed by atoms with van der Waals surface area (Å²) in [5.74, 6) is 0.635. The highest BCUT2D eigenvalue weighted by molar-refractivity contribution is 8.00. The first-order valence-electron chi connectivity index (χ1n) is 14.6. The van der Waals surface area contributed by atoms with Crippen molar-refractivity contribution in [1.29, 1.82) is 0 Å². The molecule has 218 valence electrons. The van der Waals surface area contributed by atoms with Gasteiger partial charge in [0.05, 0.1) is 29.7 Å². The zero-order valence-electron chi connectivity index (χ0n) is 23.7. The number of fused-ring (bicyclic) bond motifs is 9. The van der Waals surface area contributed by atoms with E-state index in [2.05, 4.69) is 30.1 Å². The third-order valence-electron chi connectivity index (χ3n) is 9.93. The van der Waals surface area contributed by atoms with E-state index in [-0.39, 0.29) is 57.4 Å². The first-order chi connectivity index (χ1) is 20.9. The lowest BCUT2D eigenvalue weighted by Gasteiger charge is -2.43. The first-order valence-corrected chi connectivity index (χ1v) is 16.3. The van der Waals surface area contributed by atoms with Gasteiger partial charge < -0.3 is 14.5 Å². The molecule has 0 unspecified atom stereocenters. The van der Waals surface area contributed by atoms with Gasteiger partial charge in [-0.1, -0.05) is 59.9 Å². The van der Waals surface area contributed by atoms with Gasteiger partial charge in [0.2, 0.25) is 11.8 Å². The van der Waals surface area contributed by atoms with Gasteiger partial charge in [0.25, 0.3) is 0 Å². The Morgan fingerprint density at radius 2 is 1.65 bits per heavy atom. The van der Waals surface area contributed by atoms with Crippen molar-refractivity contribution in [1.82, 2.24) is 4.98 Å². The van der Waals surface area contributed by atoms with Crippen molar-refractivity contribution in [3.05, 3.63) is 104 Å². The number of carbonyl (C=O) groups excluding carboxylic acids is 2. The molecule has 4 aliphatic rings. The predicted molar refractivity (Wildman–Crippen MR) is 166 cm³/mol. The summed E-state index contributed by atoms with van der Waals surface area (Å²) in [4.78, 5) is 45.8. The number of nitrogens with zero attached hydrogens (tertiary/aromatic N) is 1. The SMILES string of the molecule is COc1cc([C@@H]2c3sc(=O)[nH]c3S[C@@H]3[C@@H]4C[C@@H]([C@@H]5C(=O)N(c6ccccc6)C(=O)[C@@H]45)[C@@H]23)ccc1OCc1ccccc1C. The number of nitrogens with one attached hydrogen (secondary N) is 1. The number of hydrogen-bond acceptors (Lipinski definition) is 7. The molecule has 4 aromatic rings. The molecule has 1 aromatic heterocycles. The zero-order valence-corrected chi connectivity index (χ0v) is 25.3. The van der Waals surface area contributed by atoms with Gasteiger partial charge in [0.1, 0.15) is 6.61 Å². The van der Waals surface area contributed by atoms with E-state index in [4.69, 9.17) is 9.47 Å². The molecule has 7 nitrogen and oxygen atoms in total. The number of thioether (sulfide) groups is 1. The second kappa shape index (κ2) is 10.1. The fourth-order valence-corrected chi connectivity index (χ4v) is 11.0. The van der Waals surface area contributed by atoms with Gasteiger partial charge >= 0.3 is 4.87 Å². The summed E-state index contributed by atoms with van der Waals surface area (Å²) < 4.78 is 12.0. The molecule has 9 heteroatoms. The highest BCUT2D eigenvalue weighted by atomic mass is 32.2. The highest BCUT2D eigenvalue weighted by Crippen LogP contribution is 2.68. The summed E-state index contributed by atoms with van der Waals surface area (Å²) >= 11 is 2.95. The van der Waals surface area contributed by atoms with Crippen LogP contribution in [0.15, 0.2) is 82.6 Å². The maximum Gasteiger partial charge on any atom is 0.305 e.